The zero-order chi connectivity index (χ0) is 10.6. The Kier molecular flexibility index (Phi) is 2.95. The molecule has 0 fully saturated rings. The normalized spacial score (nSPS) is 11.1. The average Bonchev–Trinajstić information content (AvgIpc) is 2.17. The van der Waals surface area contributed by atoms with Crippen LogP contribution in [0.1, 0.15) is 0 Å². The molecule has 1 heterocycles. The van der Waals surface area contributed by atoms with Crippen molar-refractivity contribution in [1.82, 2.24) is 4.98 Å². The molecule has 0 amide bonds. The molecule has 0 radical (unpaired) electrons. The Morgan fingerprint density at radius 2 is 2.50 bits per heavy atom. The smallest absolute Gasteiger partial charge is 0.364 e. The lowest BCUT2D eigenvalue weighted by Crippen LogP contribution is -2.34. The van der Waals surface area contributed by atoms with Crippen LogP contribution < -0.4 is 10.6 Å². The maximum atomic E-state index is 10.2. The molecule has 7 heteroatoms. The second-order valence-corrected chi connectivity index (χ2v) is 2.48. The topological polar surface area (TPSA) is 94.8 Å². The van der Waals surface area contributed by atoms with E-state index in [2.05, 4.69) is 10.1 Å². The fourth-order valence-corrected chi connectivity index (χ4v) is 0.839. The molecule has 0 atom stereocenters. The molecule has 0 aliphatic carbocycles. The summed E-state index contributed by atoms with van der Waals surface area (Å²) < 4.78 is 0. The van der Waals surface area contributed by atoms with Crippen molar-refractivity contribution in [2.24, 2.45) is 10.8 Å². The molecule has 0 spiro atoms. The largest absolute Gasteiger partial charge is 0.391 e. The number of pyridine rings is 1. The van der Waals surface area contributed by atoms with Crippen LogP contribution in [0.15, 0.2) is 29.6 Å². The molecule has 14 heavy (non-hydrogen) atoms. The fourth-order valence-electron chi connectivity index (χ4n) is 0.839. The van der Waals surface area contributed by atoms with Crippen molar-refractivity contribution < 1.29 is 10.2 Å². The first-order valence-corrected chi connectivity index (χ1v) is 3.75. The molecule has 7 nitrogen and oxygen atoms in total. The zero-order valence-electron chi connectivity index (χ0n) is 7.53. The Morgan fingerprint density at radius 3 is 3.00 bits per heavy atom. The lowest BCUT2D eigenvalue weighted by Gasteiger charge is -2.13. The third kappa shape index (κ3) is 2.41. The third-order valence-corrected chi connectivity index (χ3v) is 1.56. The van der Waals surface area contributed by atoms with Gasteiger partial charge in [-0.2, -0.15) is 0 Å². The Bertz CT molecular complexity index is 350. The van der Waals surface area contributed by atoms with Gasteiger partial charge in [0.15, 0.2) is 0 Å². The molecular formula is C7H10N5O2+. The van der Waals surface area contributed by atoms with E-state index in [0.717, 1.165) is 0 Å². The highest BCUT2D eigenvalue weighted by molar-refractivity contribution is 5.93. The summed E-state index contributed by atoms with van der Waals surface area (Å²) in [4.78, 5) is 15.4. The fraction of sp³-hybridized carbons (Fsp3) is 0.143. The number of anilines is 1. The summed E-state index contributed by atoms with van der Waals surface area (Å²) in [6.45, 7) is 0. The van der Waals surface area contributed by atoms with E-state index < -0.39 is 5.03 Å². The molecule has 0 saturated heterocycles. The van der Waals surface area contributed by atoms with Crippen LogP contribution in [0.5, 0.6) is 0 Å². The first-order valence-electron chi connectivity index (χ1n) is 3.75. The van der Waals surface area contributed by atoms with E-state index in [4.69, 9.17) is 10.9 Å². The number of guanidine groups is 1. The molecule has 0 aliphatic heterocycles. The van der Waals surface area contributed by atoms with Crippen LogP contribution in [0, 0.1) is 4.91 Å². The van der Waals surface area contributed by atoms with Gasteiger partial charge in [-0.05, 0) is 12.1 Å². The van der Waals surface area contributed by atoms with Crippen molar-refractivity contribution in [3.63, 3.8) is 0 Å². The van der Waals surface area contributed by atoms with Crippen LogP contribution in [0.2, 0.25) is 0 Å². The van der Waals surface area contributed by atoms with Gasteiger partial charge < -0.3 is 10.6 Å². The Hall–Kier alpha value is -2.18. The molecule has 0 saturated carbocycles. The molecular weight excluding hydrogens is 186 g/mol. The summed E-state index contributed by atoms with van der Waals surface area (Å²) in [6.07, 6.45) is 3.16. The van der Waals surface area contributed by atoms with Crippen molar-refractivity contribution in [3.05, 3.63) is 29.4 Å². The van der Waals surface area contributed by atoms with E-state index in [1.165, 1.54) is 4.90 Å². The highest BCUT2D eigenvalue weighted by Crippen LogP contribution is 2.08. The van der Waals surface area contributed by atoms with Crippen molar-refractivity contribution in [3.8, 4) is 0 Å². The summed E-state index contributed by atoms with van der Waals surface area (Å²) in [7, 11) is 1.60. The third-order valence-electron chi connectivity index (χ3n) is 1.56. The molecule has 1 rings (SSSR count). The standard InChI is InChI=1S/C7H10N5O2/c1-11(7(8)10-12(13)14)6-3-2-4-9-5-6/h2-5H,1H3,(H2,8,10)(H,13,14)/q+1. The van der Waals surface area contributed by atoms with Crippen molar-refractivity contribution in [2.75, 3.05) is 11.9 Å². The van der Waals surface area contributed by atoms with Crippen LogP contribution in [0.4, 0.5) is 5.69 Å². The first-order chi connectivity index (χ1) is 6.61. The van der Waals surface area contributed by atoms with Gasteiger partial charge in [-0.3, -0.25) is 4.98 Å². The summed E-state index contributed by atoms with van der Waals surface area (Å²) in [5.41, 5.74) is 6.06. The second-order valence-electron chi connectivity index (χ2n) is 2.48. The number of aromatic nitrogens is 1. The van der Waals surface area contributed by atoms with Gasteiger partial charge in [0.05, 0.1) is 11.9 Å². The molecule has 0 bridgehead atoms. The molecule has 0 unspecified atom stereocenters. The number of rotatable bonds is 2. The second kappa shape index (κ2) is 4.17. The van der Waals surface area contributed by atoms with Crippen LogP contribution in [-0.4, -0.2) is 28.2 Å². The van der Waals surface area contributed by atoms with Gasteiger partial charge in [-0.25, -0.2) is 5.21 Å². The first kappa shape index (κ1) is 9.90. The maximum absolute atomic E-state index is 10.2. The minimum atomic E-state index is -0.595. The Balaban J connectivity index is 2.86. The predicted molar refractivity (Wildman–Crippen MR) is 49.7 cm³/mol. The van der Waals surface area contributed by atoms with Gasteiger partial charge in [0.1, 0.15) is 10.0 Å². The van der Waals surface area contributed by atoms with Crippen molar-refractivity contribution >= 4 is 11.6 Å². The number of hydrogen-bond acceptors (Lipinski definition) is 2. The van der Waals surface area contributed by atoms with Crippen LogP contribution in [-0.2, 0) is 0 Å². The SMILES string of the molecule is CN(/C(N)=N/[N+](=O)O)c1cccnc1. The highest BCUT2D eigenvalue weighted by Gasteiger charge is 2.10. The van der Waals surface area contributed by atoms with E-state index >= 15 is 0 Å². The minimum absolute atomic E-state index is 0.129. The number of nitrogens with zero attached hydrogens (tertiary/aromatic N) is 4. The van der Waals surface area contributed by atoms with Gasteiger partial charge in [0.25, 0.3) is 5.96 Å². The lowest BCUT2D eigenvalue weighted by atomic mass is 10.4. The zero-order valence-corrected chi connectivity index (χ0v) is 7.53. The molecule has 1 aromatic heterocycles. The van der Waals surface area contributed by atoms with Crippen LogP contribution in [0.25, 0.3) is 0 Å². The summed E-state index contributed by atoms with van der Waals surface area (Å²) in [5.74, 6) is -0.129. The molecule has 0 aromatic carbocycles. The monoisotopic (exact) mass is 196 g/mol. The van der Waals surface area contributed by atoms with Gasteiger partial charge in [0, 0.05) is 13.2 Å². The number of nitrogens with two attached hydrogens (primary N) is 1. The maximum Gasteiger partial charge on any atom is 0.391 e. The molecule has 74 valence electrons. The van der Waals surface area contributed by atoms with Gasteiger partial charge in [0.2, 0.25) is 0 Å². The Morgan fingerprint density at radius 1 is 1.79 bits per heavy atom. The van der Waals surface area contributed by atoms with Crippen LogP contribution >= 0.6 is 0 Å². The van der Waals surface area contributed by atoms with Gasteiger partial charge >= 0.3 is 5.03 Å². The van der Waals surface area contributed by atoms with E-state index in [9.17, 15) is 4.91 Å². The molecule has 1 aromatic rings. The van der Waals surface area contributed by atoms with E-state index in [1.54, 1.807) is 31.6 Å². The van der Waals surface area contributed by atoms with Crippen molar-refractivity contribution in [2.45, 2.75) is 0 Å². The summed E-state index contributed by atoms with van der Waals surface area (Å²) in [6, 6.07) is 3.45. The average molecular weight is 196 g/mol. The van der Waals surface area contributed by atoms with E-state index in [-0.39, 0.29) is 5.96 Å². The molecule has 3 N–H and O–H groups in total. The number of hydrazone groups is 1. The van der Waals surface area contributed by atoms with Crippen LogP contribution in [0.3, 0.4) is 0 Å². The van der Waals surface area contributed by atoms with Crippen molar-refractivity contribution in [1.29, 1.82) is 0 Å². The van der Waals surface area contributed by atoms with E-state index in [0.29, 0.717) is 5.69 Å². The summed E-state index contributed by atoms with van der Waals surface area (Å²) in [5, 5.41) is 10.8. The minimum Gasteiger partial charge on any atom is -0.364 e. The lowest BCUT2D eigenvalue weighted by molar-refractivity contribution is -0.796. The Labute approximate surface area is 80.0 Å². The van der Waals surface area contributed by atoms with Gasteiger partial charge in [-0.15, -0.1) is 0 Å². The summed E-state index contributed by atoms with van der Waals surface area (Å²) >= 11 is 0. The highest BCUT2D eigenvalue weighted by atomic mass is 16.7. The quantitative estimate of drug-likeness (QED) is 0.391. The van der Waals surface area contributed by atoms with E-state index in [1.807, 2.05) is 0 Å². The molecule has 0 aliphatic rings. The predicted octanol–water partition coefficient (Wildman–Crippen LogP) is -0.0844. The van der Waals surface area contributed by atoms with Gasteiger partial charge in [-0.1, -0.05) is 0 Å². The number of hydrogen-bond donors (Lipinski definition) is 2.